The molecular formula is C25H47NO2S. The topological polar surface area (TPSA) is 45.4 Å². The number of unbranched alkanes of at least 4 members (excludes halogenated alkanes) is 12. The van der Waals surface area contributed by atoms with Gasteiger partial charge in [0.1, 0.15) is 0 Å². The second kappa shape index (κ2) is 18.0. The molecule has 0 aliphatic heterocycles. The van der Waals surface area contributed by atoms with Gasteiger partial charge in [-0.15, -0.1) is 0 Å². The smallest absolute Gasteiger partial charge is 0.193 e. The summed E-state index contributed by atoms with van der Waals surface area (Å²) in [5.41, 5.74) is 0. The van der Waals surface area contributed by atoms with Crippen molar-refractivity contribution in [1.29, 1.82) is 0 Å². The third kappa shape index (κ3) is 13.2. The van der Waals surface area contributed by atoms with Gasteiger partial charge in [-0.25, -0.2) is 0 Å². The molecule has 1 unspecified atom stereocenters. The average Bonchev–Trinajstić information content (AvgIpc) is 3.04. The van der Waals surface area contributed by atoms with E-state index in [-0.39, 0.29) is 11.8 Å². The number of nitrogens with zero attached hydrogens (tertiary/aromatic N) is 1. The van der Waals surface area contributed by atoms with Crippen molar-refractivity contribution in [2.75, 3.05) is 5.75 Å². The van der Waals surface area contributed by atoms with Crippen molar-refractivity contribution in [2.45, 2.75) is 128 Å². The molecule has 0 aliphatic carbocycles. The molecule has 0 radical (unpaired) electrons. The Morgan fingerprint density at radius 2 is 1.21 bits per heavy atom. The summed E-state index contributed by atoms with van der Waals surface area (Å²) in [6.07, 6.45) is 22.0. The standard InChI is InChI=1S/C25H47NO2S/c1-3-5-6-7-8-9-10-11-12-13-14-15-16-18-23(4-2)29-22-17-21-26-24(27)19-20-25(26)28/h19-20,23,27-28H,3-18,21-22H2,1-2H3. The summed E-state index contributed by atoms with van der Waals surface area (Å²) in [5, 5.41) is 20.1. The average molecular weight is 426 g/mol. The van der Waals surface area contributed by atoms with Crippen LogP contribution in [0.4, 0.5) is 0 Å². The molecule has 170 valence electrons. The van der Waals surface area contributed by atoms with E-state index in [0.717, 1.165) is 17.4 Å². The molecule has 1 aromatic rings. The van der Waals surface area contributed by atoms with Crippen LogP contribution >= 0.6 is 11.8 Å². The number of aromatic nitrogens is 1. The third-order valence-electron chi connectivity index (χ3n) is 5.90. The summed E-state index contributed by atoms with van der Waals surface area (Å²) in [4.78, 5) is 0. The van der Waals surface area contributed by atoms with E-state index in [9.17, 15) is 10.2 Å². The predicted molar refractivity (Wildman–Crippen MR) is 129 cm³/mol. The highest BCUT2D eigenvalue weighted by molar-refractivity contribution is 7.99. The van der Waals surface area contributed by atoms with Gasteiger partial charge in [-0.2, -0.15) is 11.8 Å². The molecule has 3 nitrogen and oxygen atoms in total. The lowest BCUT2D eigenvalue weighted by Crippen LogP contribution is -2.04. The van der Waals surface area contributed by atoms with Crippen LogP contribution in [-0.2, 0) is 6.54 Å². The SMILES string of the molecule is CCCCCCCCCCCCCCCC(CC)SCCCn1c(O)ccc1O. The number of hydrogen-bond acceptors (Lipinski definition) is 3. The molecule has 1 aromatic heterocycles. The van der Waals surface area contributed by atoms with Gasteiger partial charge in [-0.1, -0.05) is 97.3 Å². The molecule has 0 fully saturated rings. The first-order valence-corrected chi connectivity index (χ1v) is 13.4. The molecule has 0 spiro atoms. The van der Waals surface area contributed by atoms with E-state index >= 15 is 0 Å². The van der Waals surface area contributed by atoms with Crippen LogP contribution in [0.2, 0.25) is 0 Å². The predicted octanol–water partition coefficient (Wildman–Crippen LogP) is 8.28. The number of rotatable bonds is 20. The lowest BCUT2D eigenvalue weighted by atomic mass is 10.0. The molecule has 2 N–H and O–H groups in total. The Labute approximate surface area is 184 Å². The number of hydrogen-bond donors (Lipinski definition) is 2. The summed E-state index contributed by atoms with van der Waals surface area (Å²) < 4.78 is 1.58. The van der Waals surface area contributed by atoms with E-state index in [0.29, 0.717) is 6.54 Å². The Morgan fingerprint density at radius 3 is 1.69 bits per heavy atom. The Balaban J connectivity index is 1.89. The van der Waals surface area contributed by atoms with Gasteiger partial charge in [-0.05, 0) is 25.0 Å². The van der Waals surface area contributed by atoms with E-state index in [1.807, 2.05) is 0 Å². The minimum absolute atomic E-state index is 0.159. The highest BCUT2D eigenvalue weighted by Gasteiger charge is 2.08. The second-order valence-corrected chi connectivity index (χ2v) is 9.90. The zero-order chi connectivity index (χ0) is 21.2. The molecular weight excluding hydrogens is 378 g/mol. The van der Waals surface area contributed by atoms with E-state index in [4.69, 9.17) is 0 Å². The summed E-state index contributed by atoms with van der Waals surface area (Å²) in [5.74, 6) is 1.41. The van der Waals surface area contributed by atoms with E-state index in [1.165, 1.54) is 96.3 Å². The van der Waals surface area contributed by atoms with Crippen molar-refractivity contribution < 1.29 is 10.2 Å². The molecule has 0 aliphatic rings. The normalized spacial score (nSPS) is 12.5. The summed E-state index contributed by atoms with van der Waals surface area (Å²) >= 11 is 2.06. The molecule has 1 rings (SSSR count). The van der Waals surface area contributed by atoms with Crippen LogP contribution < -0.4 is 0 Å². The van der Waals surface area contributed by atoms with Gasteiger partial charge in [-0.3, -0.25) is 4.57 Å². The number of thioether (sulfide) groups is 1. The fourth-order valence-electron chi connectivity index (χ4n) is 3.94. The molecule has 29 heavy (non-hydrogen) atoms. The fraction of sp³-hybridized carbons (Fsp3) is 0.840. The Morgan fingerprint density at radius 1 is 0.724 bits per heavy atom. The van der Waals surface area contributed by atoms with E-state index < -0.39 is 0 Å². The van der Waals surface area contributed by atoms with Crippen molar-refractivity contribution in [3.05, 3.63) is 12.1 Å². The van der Waals surface area contributed by atoms with Crippen LogP contribution in [0.1, 0.15) is 117 Å². The van der Waals surface area contributed by atoms with Gasteiger partial charge in [0.25, 0.3) is 0 Å². The maximum Gasteiger partial charge on any atom is 0.193 e. The van der Waals surface area contributed by atoms with Gasteiger partial charge in [0.05, 0.1) is 0 Å². The lowest BCUT2D eigenvalue weighted by molar-refractivity contribution is 0.367. The Bertz CT molecular complexity index is 470. The molecule has 0 saturated heterocycles. The second-order valence-electron chi connectivity index (χ2n) is 8.49. The summed E-state index contributed by atoms with van der Waals surface area (Å²) in [6, 6.07) is 3.10. The molecule has 0 amide bonds. The van der Waals surface area contributed by atoms with Crippen molar-refractivity contribution in [3.8, 4) is 11.8 Å². The lowest BCUT2D eigenvalue weighted by Gasteiger charge is -2.15. The summed E-state index contributed by atoms with van der Waals surface area (Å²) in [6.45, 7) is 5.27. The molecule has 4 heteroatoms. The van der Waals surface area contributed by atoms with Crippen molar-refractivity contribution >= 4 is 11.8 Å². The Kier molecular flexibility index (Phi) is 16.3. The van der Waals surface area contributed by atoms with Gasteiger partial charge in [0.15, 0.2) is 11.8 Å². The molecule has 1 heterocycles. The fourth-order valence-corrected chi connectivity index (χ4v) is 5.14. The van der Waals surface area contributed by atoms with Gasteiger partial charge >= 0.3 is 0 Å². The van der Waals surface area contributed by atoms with E-state index in [1.54, 1.807) is 16.7 Å². The van der Waals surface area contributed by atoms with Crippen molar-refractivity contribution in [1.82, 2.24) is 4.57 Å². The van der Waals surface area contributed by atoms with E-state index in [2.05, 4.69) is 25.6 Å². The van der Waals surface area contributed by atoms with Crippen molar-refractivity contribution in [2.24, 2.45) is 0 Å². The zero-order valence-corrected chi connectivity index (χ0v) is 20.0. The van der Waals surface area contributed by atoms with Crippen LogP contribution in [0.25, 0.3) is 0 Å². The maximum atomic E-state index is 9.67. The first kappa shape index (κ1) is 26.3. The van der Waals surface area contributed by atoms with Gasteiger partial charge in [0, 0.05) is 23.9 Å². The molecule has 0 bridgehead atoms. The van der Waals surface area contributed by atoms with Gasteiger partial charge in [0.2, 0.25) is 0 Å². The number of aromatic hydroxyl groups is 2. The van der Waals surface area contributed by atoms with Crippen LogP contribution in [0, 0.1) is 0 Å². The van der Waals surface area contributed by atoms with Crippen molar-refractivity contribution in [3.63, 3.8) is 0 Å². The monoisotopic (exact) mass is 425 g/mol. The minimum Gasteiger partial charge on any atom is -0.494 e. The third-order valence-corrected chi connectivity index (χ3v) is 7.46. The first-order valence-electron chi connectivity index (χ1n) is 12.4. The highest BCUT2D eigenvalue weighted by atomic mass is 32.2. The summed E-state index contributed by atoms with van der Waals surface area (Å²) in [7, 11) is 0. The highest BCUT2D eigenvalue weighted by Crippen LogP contribution is 2.25. The zero-order valence-electron chi connectivity index (χ0n) is 19.2. The van der Waals surface area contributed by atoms with Crippen LogP contribution in [-0.4, -0.2) is 25.8 Å². The van der Waals surface area contributed by atoms with Gasteiger partial charge < -0.3 is 10.2 Å². The Hall–Kier alpha value is -0.770. The molecule has 0 aromatic carbocycles. The minimum atomic E-state index is 0.159. The maximum absolute atomic E-state index is 9.67. The first-order chi connectivity index (χ1) is 14.2. The molecule has 0 saturated carbocycles. The molecule has 1 atom stereocenters. The largest absolute Gasteiger partial charge is 0.494 e. The van der Waals surface area contributed by atoms with Crippen LogP contribution in [0.15, 0.2) is 12.1 Å². The van der Waals surface area contributed by atoms with Crippen LogP contribution in [0.3, 0.4) is 0 Å². The van der Waals surface area contributed by atoms with Crippen LogP contribution in [0.5, 0.6) is 11.8 Å². The quantitative estimate of drug-likeness (QED) is 0.207.